The van der Waals surface area contributed by atoms with E-state index < -0.39 is 17.7 Å². The van der Waals surface area contributed by atoms with Gasteiger partial charge >= 0.3 is 0 Å². The van der Waals surface area contributed by atoms with Gasteiger partial charge in [0.2, 0.25) is 5.88 Å². The molecule has 0 bridgehead atoms. The van der Waals surface area contributed by atoms with Crippen molar-refractivity contribution in [2.75, 3.05) is 6.54 Å². The quantitative estimate of drug-likeness (QED) is 0.353. The minimum atomic E-state index is -0.694. The van der Waals surface area contributed by atoms with Gasteiger partial charge in [-0.3, -0.25) is 4.79 Å². The van der Waals surface area contributed by atoms with Gasteiger partial charge in [-0.05, 0) is 55.3 Å². The fourth-order valence-electron chi connectivity index (χ4n) is 3.79. The third-order valence-electron chi connectivity index (χ3n) is 5.47. The largest absolute Gasteiger partial charge is 0.473 e. The van der Waals surface area contributed by atoms with E-state index in [2.05, 4.69) is 26.3 Å². The molecular formula is C25H23BrF2N4O2. The number of halogens is 3. The number of pyridine rings is 1. The molecule has 1 amide bonds. The summed E-state index contributed by atoms with van der Waals surface area (Å²) in [6, 6.07) is 14.3. The van der Waals surface area contributed by atoms with Crippen LogP contribution in [0.15, 0.2) is 59.1 Å². The first kappa shape index (κ1) is 23.8. The lowest BCUT2D eigenvalue weighted by atomic mass is 10.1. The van der Waals surface area contributed by atoms with Crippen LogP contribution in [0.4, 0.5) is 8.78 Å². The van der Waals surface area contributed by atoms with E-state index >= 15 is 0 Å². The third-order valence-corrected chi connectivity index (χ3v) is 5.96. The molecule has 0 radical (unpaired) electrons. The van der Waals surface area contributed by atoms with E-state index in [1.54, 1.807) is 13.0 Å². The normalized spacial score (nSPS) is 12.1. The number of amides is 1. The third kappa shape index (κ3) is 4.80. The first-order valence-corrected chi connectivity index (χ1v) is 11.4. The van der Waals surface area contributed by atoms with Crippen molar-refractivity contribution < 1.29 is 18.3 Å². The minimum absolute atomic E-state index is 0.182. The zero-order chi connectivity index (χ0) is 24.4. The Bertz CT molecular complexity index is 1350. The Morgan fingerprint density at radius 3 is 2.53 bits per heavy atom. The second-order valence-corrected chi connectivity index (χ2v) is 8.85. The summed E-state index contributed by atoms with van der Waals surface area (Å²) >= 11 is 3.44. The summed E-state index contributed by atoms with van der Waals surface area (Å²) in [5, 5.41) is 7.44. The van der Waals surface area contributed by atoms with E-state index in [4.69, 9.17) is 10.5 Å². The van der Waals surface area contributed by atoms with Crippen LogP contribution in [0.2, 0.25) is 0 Å². The van der Waals surface area contributed by atoms with Gasteiger partial charge in [0.25, 0.3) is 5.91 Å². The molecule has 2 heterocycles. The summed E-state index contributed by atoms with van der Waals surface area (Å²) < 4.78 is 36.2. The Kier molecular flexibility index (Phi) is 6.95. The first-order valence-electron chi connectivity index (χ1n) is 10.6. The molecule has 0 spiro atoms. The lowest BCUT2D eigenvalue weighted by molar-refractivity contribution is 0.0939. The molecule has 6 nitrogen and oxygen atoms in total. The summed E-state index contributed by atoms with van der Waals surface area (Å²) in [5.74, 6) is -1.45. The standard InChI is InChI=1S/C25H23BrF2N4O2/c1-14-9-22-24(25(33)30-21(12-29)16-5-3-6-17(26)11-16)15(2)31-32(22)23(10-14)34-13-18-19(27)7-4-8-20(18)28/h3-11,21H,12-13,29H2,1-2H3,(H,30,33). The van der Waals surface area contributed by atoms with E-state index in [-0.39, 0.29) is 30.5 Å². The van der Waals surface area contributed by atoms with E-state index in [0.717, 1.165) is 15.6 Å². The maximum absolute atomic E-state index is 14.0. The van der Waals surface area contributed by atoms with E-state index in [0.29, 0.717) is 16.8 Å². The van der Waals surface area contributed by atoms with Crippen molar-refractivity contribution in [2.45, 2.75) is 26.5 Å². The first-order chi connectivity index (χ1) is 16.3. The number of carbonyl (C=O) groups excluding carboxylic acids is 1. The van der Waals surface area contributed by atoms with Crippen molar-refractivity contribution in [1.82, 2.24) is 14.9 Å². The molecular weight excluding hydrogens is 506 g/mol. The van der Waals surface area contributed by atoms with Gasteiger partial charge < -0.3 is 15.8 Å². The molecule has 34 heavy (non-hydrogen) atoms. The predicted molar refractivity (Wildman–Crippen MR) is 129 cm³/mol. The average molecular weight is 529 g/mol. The number of hydrogen-bond donors (Lipinski definition) is 2. The second-order valence-electron chi connectivity index (χ2n) is 7.93. The number of nitrogens with one attached hydrogen (secondary N) is 1. The van der Waals surface area contributed by atoms with Crippen LogP contribution in [-0.2, 0) is 6.61 Å². The lowest BCUT2D eigenvalue weighted by Gasteiger charge is -2.18. The molecule has 9 heteroatoms. The molecule has 0 saturated carbocycles. The SMILES string of the molecule is Cc1cc(OCc2c(F)cccc2F)n2nc(C)c(C(=O)NC(CN)c3cccc(Br)c3)c2c1. The highest BCUT2D eigenvalue weighted by Crippen LogP contribution is 2.26. The van der Waals surface area contributed by atoms with Crippen LogP contribution in [0, 0.1) is 25.5 Å². The van der Waals surface area contributed by atoms with Crippen molar-refractivity contribution in [2.24, 2.45) is 5.73 Å². The van der Waals surface area contributed by atoms with Crippen LogP contribution >= 0.6 is 15.9 Å². The van der Waals surface area contributed by atoms with Crippen molar-refractivity contribution >= 4 is 27.4 Å². The average Bonchev–Trinajstić information content (AvgIpc) is 3.12. The van der Waals surface area contributed by atoms with Gasteiger partial charge in [-0.25, -0.2) is 8.78 Å². The van der Waals surface area contributed by atoms with Gasteiger partial charge in [-0.1, -0.05) is 34.1 Å². The minimum Gasteiger partial charge on any atom is -0.473 e. The topological polar surface area (TPSA) is 81.7 Å². The van der Waals surface area contributed by atoms with Gasteiger partial charge in [-0.15, -0.1) is 0 Å². The van der Waals surface area contributed by atoms with Gasteiger partial charge in [0.1, 0.15) is 18.2 Å². The van der Waals surface area contributed by atoms with Gasteiger partial charge in [0.15, 0.2) is 0 Å². The maximum Gasteiger partial charge on any atom is 0.255 e. The summed E-state index contributed by atoms with van der Waals surface area (Å²) in [5.41, 5.74) is 8.80. The fraction of sp³-hybridized carbons (Fsp3) is 0.200. The molecule has 4 aromatic rings. The number of hydrogen-bond acceptors (Lipinski definition) is 4. The monoisotopic (exact) mass is 528 g/mol. The smallest absolute Gasteiger partial charge is 0.255 e. The number of ether oxygens (including phenoxy) is 1. The molecule has 0 fully saturated rings. The highest BCUT2D eigenvalue weighted by Gasteiger charge is 2.23. The Labute approximate surface area is 203 Å². The molecule has 0 aliphatic heterocycles. The van der Waals surface area contributed by atoms with Gasteiger partial charge in [0, 0.05) is 17.1 Å². The van der Waals surface area contributed by atoms with Crippen LogP contribution in [0.5, 0.6) is 5.88 Å². The number of rotatable bonds is 7. The summed E-state index contributed by atoms with van der Waals surface area (Å²) in [6.45, 7) is 3.44. The van der Waals surface area contributed by atoms with Crippen molar-refractivity contribution in [3.8, 4) is 5.88 Å². The van der Waals surface area contributed by atoms with Gasteiger partial charge in [-0.2, -0.15) is 9.61 Å². The van der Waals surface area contributed by atoms with Crippen molar-refractivity contribution in [1.29, 1.82) is 0 Å². The predicted octanol–water partition coefficient (Wildman–Crippen LogP) is 5.00. The highest BCUT2D eigenvalue weighted by atomic mass is 79.9. The molecule has 176 valence electrons. The van der Waals surface area contributed by atoms with Crippen LogP contribution in [0.1, 0.15) is 38.8 Å². The van der Waals surface area contributed by atoms with E-state index in [1.165, 1.54) is 22.7 Å². The molecule has 0 aliphatic carbocycles. The van der Waals surface area contributed by atoms with Crippen LogP contribution in [0.25, 0.3) is 5.52 Å². The summed E-state index contributed by atoms with van der Waals surface area (Å²) in [4.78, 5) is 13.3. The number of nitrogens with two attached hydrogens (primary N) is 1. The molecule has 0 aliphatic rings. The number of nitrogens with zero attached hydrogens (tertiary/aromatic N) is 2. The van der Waals surface area contributed by atoms with Crippen LogP contribution < -0.4 is 15.8 Å². The number of fused-ring (bicyclic) bond motifs is 1. The Morgan fingerprint density at radius 2 is 1.85 bits per heavy atom. The molecule has 1 atom stereocenters. The number of benzene rings is 2. The Balaban J connectivity index is 1.66. The molecule has 0 saturated heterocycles. The molecule has 2 aromatic heterocycles. The molecule has 4 rings (SSSR count). The van der Waals surface area contributed by atoms with Gasteiger partial charge in [0.05, 0.1) is 28.4 Å². The Hall–Kier alpha value is -3.30. The summed E-state index contributed by atoms with van der Waals surface area (Å²) in [7, 11) is 0. The second kappa shape index (κ2) is 9.90. The zero-order valence-electron chi connectivity index (χ0n) is 18.6. The number of aryl methyl sites for hydroxylation is 2. The van der Waals surface area contributed by atoms with E-state index in [9.17, 15) is 13.6 Å². The van der Waals surface area contributed by atoms with Crippen molar-refractivity contribution in [3.05, 3.63) is 98.7 Å². The zero-order valence-corrected chi connectivity index (χ0v) is 20.2. The highest BCUT2D eigenvalue weighted by molar-refractivity contribution is 9.10. The van der Waals surface area contributed by atoms with Crippen LogP contribution in [-0.4, -0.2) is 22.1 Å². The van der Waals surface area contributed by atoms with E-state index in [1.807, 2.05) is 37.3 Å². The number of aromatic nitrogens is 2. The molecule has 2 aromatic carbocycles. The lowest BCUT2D eigenvalue weighted by Crippen LogP contribution is -2.33. The van der Waals surface area contributed by atoms with Crippen molar-refractivity contribution in [3.63, 3.8) is 0 Å². The Morgan fingerprint density at radius 1 is 1.15 bits per heavy atom. The summed E-state index contributed by atoms with van der Waals surface area (Å²) in [6.07, 6.45) is 0. The number of carbonyl (C=O) groups is 1. The fourth-order valence-corrected chi connectivity index (χ4v) is 4.21. The molecule has 3 N–H and O–H groups in total. The maximum atomic E-state index is 14.0. The molecule has 1 unspecified atom stereocenters. The van der Waals surface area contributed by atoms with Crippen LogP contribution in [0.3, 0.4) is 0 Å².